The van der Waals surface area contributed by atoms with E-state index >= 15 is 0 Å². The summed E-state index contributed by atoms with van der Waals surface area (Å²) in [5, 5.41) is 6.46. The van der Waals surface area contributed by atoms with Gasteiger partial charge < -0.3 is 29.2 Å². The van der Waals surface area contributed by atoms with Gasteiger partial charge in [-0.1, -0.05) is 18.2 Å². The number of amides is 2. The van der Waals surface area contributed by atoms with Crippen LogP contribution in [0.25, 0.3) is 33.4 Å². The molecule has 0 saturated heterocycles. The Morgan fingerprint density at radius 3 is 2.55 bits per heavy atom. The molecule has 0 aliphatic carbocycles. The van der Waals surface area contributed by atoms with Crippen LogP contribution in [0.5, 0.6) is 5.75 Å². The van der Waals surface area contributed by atoms with Gasteiger partial charge in [0.05, 0.1) is 19.1 Å². The Morgan fingerprint density at radius 1 is 1.05 bits per heavy atom. The van der Waals surface area contributed by atoms with E-state index < -0.39 is 11.9 Å². The van der Waals surface area contributed by atoms with Gasteiger partial charge in [0.1, 0.15) is 23.3 Å². The second-order valence-electron chi connectivity index (χ2n) is 8.99. The van der Waals surface area contributed by atoms with E-state index in [1.165, 1.54) is 13.1 Å². The fourth-order valence-electron chi connectivity index (χ4n) is 4.61. The molecule has 0 bridgehead atoms. The molecule has 3 aromatic heterocycles. The first-order valence-corrected chi connectivity index (χ1v) is 12.1. The predicted molar refractivity (Wildman–Crippen MR) is 143 cm³/mol. The lowest BCUT2D eigenvalue weighted by Gasteiger charge is -2.17. The molecule has 3 N–H and O–H groups in total. The molecule has 2 amide bonds. The van der Waals surface area contributed by atoms with Gasteiger partial charge in [-0.25, -0.2) is 0 Å². The monoisotopic (exact) mass is 513 g/mol. The van der Waals surface area contributed by atoms with Crippen LogP contribution in [0, 0.1) is 6.92 Å². The van der Waals surface area contributed by atoms with Gasteiger partial charge in [0.2, 0.25) is 22.8 Å². The first kappa shape index (κ1) is 24.9. The molecular weight excluding hydrogens is 486 g/mol. The molecular formula is C29H27N3O6. The number of para-hydroxylation sites is 1. The highest BCUT2D eigenvalue weighted by Gasteiger charge is 2.26. The molecule has 2 aromatic carbocycles. The Morgan fingerprint density at radius 2 is 1.82 bits per heavy atom. The number of likely N-dealkylation sites (N-methyl/N-ethyl adjacent to an activating group) is 1. The number of aromatic amines is 1. The van der Waals surface area contributed by atoms with Crippen LogP contribution in [-0.4, -0.2) is 37.0 Å². The number of rotatable bonds is 8. The average Bonchev–Trinajstić information content (AvgIpc) is 3.49. The minimum atomic E-state index is -0.817. The van der Waals surface area contributed by atoms with E-state index in [1.54, 1.807) is 38.3 Å². The number of H-pyrrole nitrogens is 1. The number of hydrogen-bond acceptors (Lipinski definition) is 6. The van der Waals surface area contributed by atoms with Crippen molar-refractivity contribution in [1.29, 1.82) is 0 Å². The Hall–Kier alpha value is -4.79. The predicted octanol–water partition coefficient (Wildman–Crippen LogP) is 3.87. The van der Waals surface area contributed by atoms with Gasteiger partial charge >= 0.3 is 0 Å². The van der Waals surface area contributed by atoms with Crippen LogP contribution in [0.3, 0.4) is 0 Å². The van der Waals surface area contributed by atoms with E-state index in [0.29, 0.717) is 34.8 Å². The Kier molecular flexibility index (Phi) is 6.74. The van der Waals surface area contributed by atoms with Crippen LogP contribution in [0.2, 0.25) is 0 Å². The molecule has 0 aliphatic heterocycles. The molecule has 9 nitrogen and oxygen atoms in total. The zero-order valence-electron chi connectivity index (χ0n) is 21.2. The molecule has 0 saturated carbocycles. The standard InChI is InChI=1S/C29H27N3O6/c1-16-12-24(33)28-27(37-16)21(26(38-28)17-8-10-19(36-3)11-9-17)14-25(34)32-23(29(35)30-2)13-18-15-31-22-7-5-4-6-20(18)22/h4-12,15,23,31H,13-14H2,1-3H3,(H,30,35)(H,32,34)/t23-/m1/s1. The molecule has 3 heterocycles. The van der Waals surface area contributed by atoms with Gasteiger partial charge in [0.25, 0.3) is 0 Å². The van der Waals surface area contributed by atoms with E-state index in [-0.39, 0.29) is 28.9 Å². The minimum absolute atomic E-state index is 0.0332. The second-order valence-corrected chi connectivity index (χ2v) is 8.99. The van der Waals surface area contributed by atoms with E-state index in [4.69, 9.17) is 13.6 Å². The molecule has 5 rings (SSSR count). The zero-order valence-corrected chi connectivity index (χ0v) is 21.2. The lowest BCUT2D eigenvalue weighted by Crippen LogP contribution is -2.47. The number of carbonyl (C=O) groups excluding carboxylic acids is 2. The molecule has 0 radical (unpaired) electrons. The van der Waals surface area contributed by atoms with Gasteiger partial charge in [-0.2, -0.15) is 0 Å². The maximum Gasteiger partial charge on any atom is 0.242 e. The molecule has 0 fully saturated rings. The Labute approximate surface area is 217 Å². The molecule has 5 aromatic rings. The molecule has 194 valence electrons. The summed E-state index contributed by atoms with van der Waals surface area (Å²) in [5.41, 5.74) is 2.83. The fraction of sp³-hybridized carbons (Fsp3) is 0.207. The van der Waals surface area contributed by atoms with Gasteiger partial charge in [-0.15, -0.1) is 0 Å². The summed E-state index contributed by atoms with van der Waals surface area (Å²) >= 11 is 0. The number of ether oxygens (including phenoxy) is 1. The highest BCUT2D eigenvalue weighted by Crippen LogP contribution is 2.34. The number of aromatic nitrogens is 1. The van der Waals surface area contributed by atoms with E-state index in [9.17, 15) is 14.4 Å². The van der Waals surface area contributed by atoms with Crippen molar-refractivity contribution in [3.63, 3.8) is 0 Å². The first-order chi connectivity index (χ1) is 18.4. The van der Waals surface area contributed by atoms with Crippen molar-refractivity contribution in [2.24, 2.45) is 0 Å². The van der Waals surface area contributed by atoms with Crippen LogP contribution in [-0.2, 0) is 22.4 Å². The average molecular weight is 514 g/mol. The van der Waals surface area contributed by atoms with Crippen molar-refractivity contribution >= 4 is 33.9 Å². The van der Waals surface area contributed by atoms with Gasteiger partial charge in [0, 0.05) is 42.2 Å². The number of aryl methyl sites for hydroxylation is 1. The summed E-state index contributed by atoms with van der Waals surface area (Å²) < 4.78 is 17.0. The summed E-state index contributed by atoms with van der Waals surface area (Å²) in [6, 6.07) is 15.4. The topological polar surface area (TPSA) is 127 Å². The molecule has 0 aliphatic rings. The molecule has 1 atom stereocenters. The maximum atomic E-state index is 13.4. The lowest BCUT2D eigenvalue weighted by molar-refractivity contribution is -0.128. The second kappa shape index (κ2) is 10.3. The van der Waals surface area contributed by atoms with E-state index in [1.807, 2.05) is 30.5 Å². The van der Waals surface area contributed by atoms with Crippen LogP contribution < -0.4 is 20.8 Å². The summed E-state index contributed by atoms with van der Waals surface area (Å²) in [4.78, 5) is 41.9. The summed E-state index contributed by atoms with van der Waals surface area (Å²) in [7, 11) is 3.09. The van der Waals surface area contributed by atoms with Crippen molar-refractivity contribution in [3.05, 3.63) is 87.9 Å². The van der Waals surface area contributed by atoms with Crippen molar-refractivity contribution in [2.45, 2.75) is 25.8 Å². The summed E-state index contributed by atoms with van der Waals surface area (Å²) in [6.07, 6.45) is 1.97. The third-order valence-electron chi connectivity index (χ3n) is 6.47. The zero-order chi connectivity index (χ0) is 26.8. The number of furan rings is 1. The SMILES string of the molecule is CNC(=O)[C@@H](Cc1c[nH]c2ccccc12)NC(=O)Cc1c(-c2ccc(OC)cc2)oc2c(=O)cc(C)oc12. The third kappa shape index (κ3) is 4.78. The largest absolute Gasteiger partial charge is 0.497 e. The molecule has 0 spiro atoms. The van der Waals surface area contributed by atoms with Crippen molar-refractivity contribution in [3.8, 4) is 17.1 Å². The highest BCUT2D eigenvalue weighted by molar-refractivity contribution is 5.93. The molecule has 9 heteroatoms. The van der Waals surface area contributed by atoms with Crippen LogP contribution >= 0.6 is 0 Å². The Balaban J connectivity index is 1.48. The molecule has 38 heavy (non-hydrogen) atoms. The number of nitrogens with one attached hydrogen (secondary N) is 3. The van der Waals surface area contributed by atoms with Crippen molar-refractivity contribution in [1.82, 2.24) is 15.6 Å². The van der Waals surface area contributed by atoms with E-state index in [2.05, 4.69) is 15.6 Å². The minimum Gasteiger partial charge on any atom is -0.497 e. The highest BCUT2D eigenvalue weighted by atomic mass is 16.5. The number of benzene rings is 2. The number of hydrogen-bond donors (Lipinski definition) is 3. The quantitative estimate of drug-likeness (QED) is 0.289. The fourth-order valence-corrected chi connectivity index (χ4v) is 4.61. The number of methoxy groups -OCH3 is 1. The summed E-state index contributed by atoms with van der Waals surface area (Å²) in [6.45, 7) is 1.66. The lowest BCUT2D eigenvalue weighted by atomic mass is 10.0. The van der Waals surface area contributed by atoms with Crippen molar-refractivity contribution < 1.29 is 23.2 Å². The number of fused-ring (bicyclic) bond motifs is 2. The first-order valence-electron chi connectivity index (χ1n) is 12.1. The summed E-state index contributed by atoms with van der Waals surface area (Å²) in [5.74, 6) is 0.657. The van der Waals surface area contributed by atoms with Gasteiger partial charge in [-0.3, -0.25) is 14.4 Å². The van der Waals surface area contributed by atoms with E-state index in [0.717, 1.165) is 16.5 Å². The molecule has 0 unspecified atom stereocenters. The van der Waals surface area contributed by atoms with Gasteiger partial charge in [-0.05, 0) is 42.8 Å². The van der Waals surface area contributed by atoms with Crippen molar-refractivity contribution in [2.75, 3.05) is 14.2 Å². The smallest absolute Gasteiger partial charge is 0.242 e. The van der Waals surface area contributed by atoms with Gasteiger partial charge in [0.15, 0.2) is 5.58 Å². The number of carbonyl (C=O) groups is 2. The maximum absolute atomic E-state index is 13.4. The van der Waals surface area contributed by atoms with Crippen LogP contribution in [0.1, 0.15) is 16.9 Å². The van der Waals surface area contributed by atoms with Crippen LogP contribution in [0.15, 0.2) is 74.4 Å². The van der Waals surface area contributed by atoms with Crippen LogP contribution in [0.4, 0.5) is 0 Å². The normalized spacial score (nSPS) is 12.0. The Bertz CT molecular complexity index is 1690. The third-order valence-corrected chi connectivity index (χ3v) is 6.47.